The predicted molar refractivity (Wildman–Crippen MR) is 70.0 cm³/mol. The molecule has 19 heavy (non-hydrogen) atoms. The summed E-state index contributed by atoms with van der Waals surface area (Å²) in [4.78, 5) is 17.7. The number of benzene rings is 1. The standard InChI is InChI=1S/C11H12N6O2/c12-16-10(17-13)7-3-1-2-6(4-7)9-14-5-8(18)11(19)15-9/h1-5,18H,12-13H2,(H,16,17)(H,14,15,19). The molecular formula is C11H12N6O2. The summed E-state index contributed by atoms with van der Waals surface area (Å²) in [5, 5.41) is 12.6. The van der Waals surface area contributed by atoms with Crippen LogP contribution in [0.5, 0.6) is 5.75 Å². The van der Waals surface area contributed by atoms with Gasteiger partial charge in [0.15, 0.2) is 11.6 Å². The molecule has 1 aromatic carbocycles. The van der Waals surface area contributed by atoms with Gasteiger partial charge in [-0.05, 0) is 6.07 Å². The van der Waals surface area contributed by atoms with Gasteiger partial charge >= 0.3 is 0 Å². The number of nitrogens with one attached hydrogen (secondary N) is 2. The summed E-state index contributed by atoms with van der Waals surface area (Å²) in [6.45, 7) is 0. The van der Waals surface area contributed by atoms with Gasteiger partial charge in [0.05, 0.1) is 6.20 Å². The van der Waals surface area contributed by atoms with Gasteiger partial charge in [-0.1, -0.05) is 18.2 Å². The van der Waals surface area contributed by atoms with Crippen molar-refractivity contribution in [3.05, 3.63) is 46.4 Å². The smallest absolute Gasteiger partial charge is 0.293 e. The maximum absolute atomic E-state index is 11.3. The van der Waals surface area contributed by atoms with E-state index < -0.39 is 11.3 Å². The summed E-state index contributed by atoms with van der Waals surface area (Å²) in [7, 11) is 0. The molecule has 0 unspecified atom stereocenters. The zero-order chi connectivity index (χ0) is 13.8. The first kappa shape index (κ1) is 12.6. The molecule has 1 heterocycles. The van der Waals surface area contributed by atoms with E-state index >= 15 is 0 Å². The Balaban J connectivity index is 2.49. The number of hydrazine groups is 1. The minimum atomic E-state index is -0.611. The van der Waals surface area contributed by atoms with Crippen molar-refractivity contribution in [3.8, 4) is 17.1 Å². The minimum Gasteiger partial charge on any atom is -0.502 e. The van der Waals surface area contributed by atoms with Crippen molar-refractivity contribution in [3.63, 3.8) is 0 Å². The third-order valence-electron chi connectivity index (χ3n) is 2.46. The van der Waals surface area contributed by atoms with Crippen LogP contribution < -0.4 is 22.7 Å². The molecule has 2 rings (SSSR count). The van der Waals surface area contributed by atoms with E-state index in [0.717, 1.165) is 6.20 Å². The summed E-state index contributed by atoms with van der Waals surface area (Å²) in [5.41, 5.74) is 3.02. The Labute approximate surface area is 107 Å². The van der Waals surface area contributed by atoms with Crippen LogP contribution in [0, 0.1) is 0 Å². The molecule has 0 aliphatic rings. The molecule has 0 spiro atoms. The number of hydrogen-bond donors (Lipinski definition) is 5. The number of aromatic nitrogens is 2. The van der Waals surface area contributed by atoms with Crippen molar-refractivity contribution in [1.29, 1.82) is 0 Å². The Hall–Kier alpha value is -2.87. The number of nitrogens with zero attached hydrogens (tertiary/aromatic N) is 2. The summed E-state index contributed by atoms with van der Waals surface area (Å²) in [6.07, 6.45) is 1.08. The Kier molecular flexibility index (Phi) is 3.44. The molecule has 2 aromatic rings. The maximum atomic E-state index is 11.3. The van der Waals surface area contributed by atoms with Gasteiger partial charge in [0.1, 0.15) is 5.82 Å². The quantitative estimate of drug-likeness (QED) is 0.207. The van der Waals surface area contributed by atoms with Crippen LogP contribution in [0.15, 0.2) is 40.4 Å². The zero-order valence-electron chi connectivity index (χ0n) is 9.79. The van der Waals surface area contributed by atoms with Gasteiger partial charge in [0, 0.05) is 11.1 Å². The van der Waals surface area contributed by atoms with E-state index in [1.165, 1.54) is 0 Å². The molecule has 7 N–H and O–H groups in total. The number of hydrazone groups is 1. The predicted octanol–water partition coefficient (Wildman–Crippen LogP) is -0.774. The van der Waals surface area contributed by atoms with Crippen LogP contribution in [0.1, 0.15) is 5.56 Å². The zero-order valence-corrected chi connectivity index (χ0v) is 9.79. The van der Waals surface area contributed by atoms with Gasteiger partial charge in [-0.2, -0.15) is 5.10 Å². The molecule has 0 radical (unpaired) electrons. The Morgan fingerprint density at radius 2 is 2.26 bits per heavy atom. The third kappa shape index (κ3) is 2.53. The van der Waals surface area contributed by atoms with Gasteiger partial charge in [-0.3, -0.25) is 4.79 Å². The average Bonchev–Trinajstić information content (AvgIpc) is 2.44. The maximum Gasteiger partial charge on any atom is 0.293 e. The summed E-state index contributed by atoms with van der Waals surface area (Å²) < 4.78 is 0. The second-order valence-electron chi connectivity index (χ2n) is 3.65. The number of hydrogen-bond acceptors (Lipinski definition) is 6. The van der Waals surface area contributed by atoms with Gasteiger partial charge in [-0.25, -0.2) is 10.8 Å². The van der Waals surface area contributed by atoms with Gasteiger partial charge in [0.25, 0.3) is 5.56 Å². The fourth-order valence-electron chi connectivity index (χ4n) is 1.54. The van der Waals surface area contributed by atoms with E-state index in [2.05, 4.69) is 20.5 Å². The van der Waals surface area contributed by atoms with Gasteiger partial charge in [-0.15, -0.1) is 0 Å². The topological polar surface area (TPSA) is 142 Å². The highest BCUT2D eigenvalue weighted by atomic mass is 16.3. The molecule has 98 valence electrons. The lowest BCUT2D eigenvalue weighted by atomic mass is 10.1. The first-order valence-corrected chi connectivity index (χ1v) is 5.29. The number of H-pyrrole nitrogens is 1. The molecule has 0 aliphatic carbocycles. The van der Waals surface area contributed by atoms with Crippen LogP contribution >= 0.6 is 0 Å². The lowest BCUT2D eigenvalue weighted by Gasteiger charge is -2.06. The molecule has 1 aromatic heterocycles. The van der Waals surface area contributed by atoms with Crippen molar-refractivity contribution >= 4 is 5.84 Å². The normalized spacial score (nSPS) is 11.3. The number of aromatic amines is 1. The molecule has 0 atom stereocenters. The van der Waals surface area contributed by atoms with Crippen LogP contribution in [0.3, 0.4) is 0 Å². The molecule has 0 amide bonds. The number of nitrogens with two attached hydrogens (primary N) is 2. The van der Waals surface area contributed by atoms with Crippen LogP contribution in [0.25, 0.3) is 11.4 Å². The largest absolute Gasteiger partial charge is 0.502 e. The Bertz CT molecular complexity index is 679. The molecule has 0 fully saturated rings. The first-order chi connectivity index (χ1) is 9.15. The fraction of sp³-hybridized carbons (Fsp3) is 0. The highest BCUT2D eigenvalue weighted by Gasteiger charge is 2.07. The van der Waals surface area contributed by atoms with Crippen molar-refractivity contribution < 1.29 is 5.11 Å². The summed E-state index contributed by atoms with van der Waals surface area (Å²) in [5.74, 6) is 10.6. The molecule has 0 bridgehead atoms. The molecule has 8 nitrogen and oxygen atoms in total. The van der Waals surface area contributed by atoms with E-state index in [4.69, 9.17) is 16.8 Å². The summed E-state index contributed by atoms with van der Waals surface area (Å²) >= 11 is 0. The molecule has 0 saturated heterocycles. The van der Waals surface area contributed by atoms with Crippen molar-refractivity contribution in [2.24, 2.45) is 16.8 Å². The number of amidine groups is 1. The SMILES string of the molecule is N/N=C(\NN)c1cccc(-c2ncc(O)c(=O)[nH]2)c1. The van der Waals surface area contributed by atoms with Crippen LogP contribution in [0.2, 0.25) is 0 Å². The van der Waals surface area contributed by atoms with Gasteiger partial charge < -0.3 is 21.4 Å². The van der Waals surface area contributed by atoms with Crippen molar-refractivity contribution in [2.75, 3.05) is 0 Å². The molecule has 8 heteroatoms. The molecule has 0 aliphatic heterocycles. The Morgan fingerprint density at radius 3 is 2.89 bits per heavy atom. The highest BCUT2D eigenvalue weighted by Crippen LogP contribution is 2.15. The van der Waals surface area contributed by atoms with Gasteiger partial charge in [0.2, 0.25) is 0 Å². The second kappa shape index (κ2) is 5.19. The average molecular weight is 260 g/mol. The minimum absolute atomic E-state index is 0.294. The number of aromatic hydroxyl groups is 1. The van der Waals surface area contributed by atoms with E-state index in [-0.39, 0.29) is 0 Å². The van der Waals surface area contributed by atoms with E-state index in [0.29, 0.717) is 22.8 Å². The van der Waals surface area contributed by atoms with E-state index in [1.54, 1.807) is 24.3 Å². The lowest BCUT2D eigenvalue weighted by molar-refractivity contribution is 0.463. The molecular weight excluding hydrogens is 248 g/mol. The van der Waals surface area contributed by atoms with Crippen molar-refractivity contribution in [1.82, 2.24) is 15.4 Å². The van der Waals surface area contributed by atoms with Crippen LogP contribution in [-0.4, -0.2) is 20.9 Å². The van der Waals surface area contributed by atoms with E-state index in [1.807, 2.05) is 0 Å². The number of rotatable bonds is 2. The fourth-order valence-corrected chi connectivity index (χ4v) is 1.54. The Morgan fingerprint density at radius 1 is 1.47 bits per heavy atom. The molecule has 0 saturated carbocycles. The van der Waals surface area contributed by atoms with E-state index in [9.17, 15) is 4.79 Å². The second-order valence-corrected chi connectivity index (χ2v) is 3.65. The van der Waals surface area contributed by atoms with Crippen LogP contribution in [-0.2, 0) is 0 Å². The lowest BCUT2D eigenvalue weighted by Crippen LogP contribution is -2.32. The monoisotopic (exact) mass is 260 g/mol. The third-order valence-corrected chi connectivity index (χ3v) is 2.46. The highest BCUT2D eigenvalue weighted by molar-refractivity contribution is 5.99. The van der Waals surface area contributed by atoms with Crippen LogP contribution in [0.4, 0.5) is 0 Å². The first-order valence-electron chi connectivity index (χ1n) is 5.29. The summed E-state index contributed by atoms with van der Waals surface area (Å²) in [6, 6.07) is 6.91. The van der Waals surface area contributed by atoms with Crippen molar-refractivity contribution in [2.45, 2.75) is 0 Å².